The number of rotatable bonds is 4. The summed E-state index contributed by atoms with van der Waals surface area (Å²) in [6.45, 7) is 2.58. The normalized spacial score (nSPS) is 21.2. The summed E-state index contributed by atoms with van der Waals surface area (Å²) < 4.78 is 29.6. The smallest absolute Gasteiger partial charge is 0.316 e. The van der Waals surface area contributed by atoms with Crippen LogP contribution in [-0.4, -0.2) is 28.1 Å². The van der Waals surface area contributed by atoms with Crippen molar-refractivity contribution in [3.63, 3.8) is 0 Å². The molecule has 0 aliphatic carbocycles. The molecule has 2 aromatic rings. The monoisotopic (exact) mass is 393 g/mol. The lowest BCUT2D eigenvalue weighted by atomic mass is 9.96. The third-order valence-electron chi connectivity index (χ3n) is 5.01. The van der Waals surface area contributed by atoms with Crippen LogP contribution in [0.1, 0.15) is 19.3 Å². The number of halogens is 1. The lowest BCUT2D eigenvalue weighted by Gasteiger charge is -2.26. The van der Waals surface area contributed by atoms with E-state index in [4.69, 9.17) is 0 Å². The van der Waals surface area contributed by atoms with Gasteiger partial charge in [-0.2, -0.15) is 8.42 Å². The van der Waals surface area contributed by atoms with E-state index in [-0.39, 0.29) is 12.4 Å². The Balaban J connectivity index is 0.00000196. The number of para-hydroxylation sites is 3. The topological polar surface area (TPSA) is 52.7 Å². The molecule has 2 aliphatic rings. The summed E-state index contributed by atoms with van der Waals surface area (Å²) in [6, 6.07) is 16.9. The maximum absolute atomic E-state index is 13.3. The fourth-order valence-corrected chi connectivity index (χ4v) is 5.46. The molecular formula is C19H24ClN3O2S. The standard InChI is InChI=1S/C19H23N3O2S.ClH/c23-25(24)21(14-12-16-7-6-13-20-15-16)18-10-4-5-11-19(18)22(25)17-8-2-1-3-9-17;/h1-5,8-11,16,20H,6-7,12-15H2;1H/t16-;/m0./s1. The maximum atomic E-state index is 13.3. The molecule has 2 aromatic carbocycles. The Labute approximate surface area is 161 Å². The van der Waals surface area contributed by atoms with E-state index in [0.717, 1.165) is 30.9 Å². The molecule has 0 radical (unpaired) electrons. The first-order valence-electron chi connectivity index (χ1n) is 8.86. The molecule has 1 N–H and O–H groups in total. The largest absolute Gasteiger partial charge is 0.330 e. The predicted molar refractivity (Wildman–Crippen MR) is 109 cm³/mol. The van der Waals surface area contributed by atoms with Gasteiger partial charge in [0.1, 0.15) is 0 Å². The van der Waals surface area contributed by atoms with Crippen LogP contribution in [0.25, 0.3) is 0 Å². The highest BCUT2D eigenvalue weighted by Gasteiger charge is 2.41. The van der Waals surface area contributed by atoms with Gasteiger partial charge >= 0.3 is 10.2 Å². The third kappa shape index (κ3) is 3.41. The summed E-state index contributed by atoms with van der Waals surface area (Å²) >= 11 is 0. The minimum absolute atomic E-state index is 0. The van der Waals surface area contributed by atoms with Crippen LogP contribution >= 0.6 is 12.4 Å². The first-order valence-corrected chi connectivity index (χ1v) is 10.3. The van der Waals surface area contributed by atoms with E-state index >= 15 is 0 Å². The van der Waals surface area contributed by atoms with E-state index in [9.17, 15) is 8.42 Å². The van der Waals surface area contributed by atoms with Gasteiger partial charge < -0.3 is 5.32 Å². The molecule has 7 heteroatoms. The molecule has 2 heterocycles. The minimum Gasteiger partial charge on any atom is -0.316 e. The summed E-state index contributed by atoms with van der Waals surface area (Å²) in [5.41, 5.74) is 2.18. The van der Waals surface area contributed by atoms with Crippen LogP contribution in [0.3, 0.4) is 0 Å². The van der Waals surface area contributed by atoms with Crippen molar-refractivity contribution < 1.29 is 8.42 Å². The van der Waals surface area contributed by atoms with E-state index < -0.39 is 10.2 Å². The molecular weight excluding hydrogens is 370 g/mol. The van der Waals surface area contributed by atoms with Crippen LogP contribution in [-0.2, 0) is 10.2 Å². The molecule has 0 amide bonds. The van der Waals surface area contributed by atoms with Gasteiger partial charge in [0.05, 0.1) is 17.1 Å². The van der Waals surface area contributed by atoms with Crippen LogP contribution in [0.4, 0.5) is 17.1 Å². The number of hydrogen-bond acceptors (Lipinski definition) is 3. The first-order chi connectivity index (χ1) is 12.2. The van der Waals surface area contributed by atoms with E-state index in [1.54, 1.807) is 4.31 Å². The van der Waals surface area contributed by atoms with Crippen LogP contribution in [0.2, 0.25) is 0 Å². The number of benzene rings is 2. The average Bonchev–Trinajstić information content (AvgIpc) is 2.87. The van der Waals surface area contributed by atoms with Crippen molar-refractivity contribution in [1.82, 2.24) is 5.32 Å². The van der Waals surface area contributed by atoms with Gasteiger partial charge in [0, 0.05) is 6.54 Å². The molecule has 1 fully saturated rings. The van der Waals surface area contributed by atoms with Crippen molar-refractivity contribution in [3.05, 3.63) is 54.6 Å². The zero-order chi connectivity index (χ0) is 17.3. The molecule has 0 bridgehead atoms. The van der Waals surface area contributed by atoms with Crippen molar-refractivity contribution in [1.29, 1.82) is 0 Å². The molecule has 1 atom stereocenters. The SMILES string of the molecule is Cl.O=S1(=O)N(CC[C@@H]2CCCNC2)c2ccccc2N1c1ccccc1. The Bertz CT molecular complexity index is 839. The lowest BCUT2D eigenvalue weighted by molar-refractivity contribution is 0.362. The summed E-state index contributed by atoms with van der Waals surface area (Å²) in [4.78, 5) is 0. The molecule has 0 unspecified atom stereocenters. The van der Waals surface area contributed by atoms with Crippen LogP contribution < -0.4 is 13.9 Å². The first kappa shape index (κ1) is 19.0. The van der Waals surface area contributed by atoms with E-state index in [1.165, 1.54) is 17.1 Å². The predicted octanol–water partition coefficient (Wildman–Crippen LogP) is 3.70. The minimum atomic E-state index is -3.59. The Morgan fingerprint density at radius 2 is 1.69 bits per heavy atom. The summed E-state index contributed by atoms with van der Waals surface area (Å²) in [7, 11) is -3.59. The molecule has 26 heavy (non-hydrogen) atoms. The summed E-state index contributed by atoms with van der Waals surface area (Å²) in [5, 5.41) is 3.41. The van der Waals surface area contributed by atoms with Gasteiger partial charge in [-0.15, -0.1) is 12.4 Å². The fourth-order valence-electron chi connectivity index (χ4n) is 3.74. The highest BCUT2D eigenvalue weighted by molar-refractivity contribution is 7.95. The average molecular weight is 394 g/mol. The Morgan fingerprint density at radius 1 is 1.00 bits per heavy atom. The lowest BCUT2D eigenvalue weighted by Crippen LogP contribution is -2.38. The van der Waals surface area contributed by atoms with Crippen molar-refractivity contribution in [2.75, 3.05) is 28.2 Å². The van der Waals surface area contributed by atoms with Gasteiger partial charge in [-0.05, 0) is 62.5 Å². The molecule has 0 saturated carbocycles. The zero-order valence-electron chi connectivity index (χ0n) is 14.5. The molecule has 2 aliphatic heterocycles. The van der Waals surface area contributed by atoms with Crippen LogP contribution in [0, 0.1) is 5.92 Å². The summed E-state index contributed by atoms with van der Waals surface area (Å²) in [5.74, 6) is 0.543. The zero-order valence-corrected chi connectivity index (χ0v) is 16.2. The molecule has 4 rings (SSSR count). The highest BCUT2D eigenvalue weighted by atomic mass is 35.5. The fraction of sp³-hybridized carbons (Fsp3) is 0.368. The molecule has 0 aromatic heterocycles. The molecule has 5 nitrogen and oxygen atoms in total. The molecule has 0 spiro atoms. The Kier molecular flexibility index (Phi) is 5.75. The van der Waals surface area contributed by atoms with E-state index in [1.807, 2.05) is 54.6 Å². The number of nitrogens with zero attached hydrogens (tertiary/aromatic N) is 2. The van der Waals surface area contributed by atoms with Crippen molar-refractivity contribution in [2.24, 2.45) is 5.92 Å². The number of anilines is 3. The third-order valence-corrected chi connectivity index (χ3v) is 6.81. The van der Waals surface area contributed by atoms with Gasteiger partial charge in [0.25, 0.3) is 0 Å². The quantitative estimate of drug-likeness (QED) is 0.861. The summed E-state index contributed by atoms with van der Waals surface area (Å²) in [6.07, 6.45) is 3.22. The number of fused-ring (bicyclic) bond motifs is 1. The molecule has 1 saturated heterocycles. The van der Waals surface area contributed by atoms with Crippen LogP contribution in [0.5, 0.6) is 0 Å². The van der Waals surface area contributed by atoms with E-state index in [0.29, 0.717) is 18.2 Å². The maximum Gasteiger partial charge on any atom is 0.330 e. The van der Waals surface area contributed by atoms with Gasteiger partial charge in [-0.25, -0.2) is 4.31 Å². The van der Waals surface area contributed by atoms with Crippen LogP contribution in [0.15, 0.2) is 54.6 Å². The van der Waals surface area contributed by atoms with Crippen molar-refractivity contribution in [2.45, 2.75) is 19.3 Å². The van der Waals surface area contributed by atoms with Gasteiger partial charge in [0.15, 0.2) is 0 Å². The van der Waals surface area contributed by atoms with Gasteiger partial charge in [0.2, 0.25) is 0 Å². The second kappa shape index (κ2) is 7.86. The number of nitrogens with one attached hydrogen (secondary N) is 1. The van der Waals surface area contributed by atoms with Gasteiger partial charge in [-0.1, -0.05) is 30.3 Å². The van der Waals surface area contributed by atoms with Crippen molar-refractivity contribution in [3.8, 4) is 0 Å². The molecule has 140 valence electrons. The highest BCUT2D eigenvalue weighted by Crippen LogP contribution is 2.45. The Morgan fingerprint density at radius 3 is 2.38 bits per heavy atom. The number of piperidine rings is 1. The Hall–Kier alpha value is -1.76. The second-order valence-electron chi connectivity index (χ2n) is 6.67. The number of hydrogen-bond donors (Lipinski definition) is 1. The van der Waals surface area contributed by atoms with Crippen molar-refractivity contribution >= 4 is 39.7 Å². The second-order valence-corrected chi connectivity index (χ2v) is 8.37. The van der Waals surface area contributed by atoms with Gasteiger partial charge in [-0.3, -0.25) is 4.31 Å². The van der Waals surface area contributed by atoms with E-state index in [2.05, 4.69) is 5.32 Å².